The lowest BCUT2D eigenvalue weighted by molar-refractivity contribution is -0.172. The number of fused-ring (bicyclic) bond motifs is 6. The van der Waals surface area contributed by atoms with Crippen molar-refractivity contribution in [1.82, 2.24) is 66.5 Å². The second-order valence-electron chi connectivity index (χ2n) is 28.9. The predicted octanol–water partition coefficient (Wildman–Crippen LogP) is 4.33. The number of nitrogens with one attached hydrogen (secondary N) is 8. The van der Waals surface area contributed by atoms with E-state index in [1.807, 2.05) is 14.1 Å². The molecule has 114 heavy (non-hydrogen) atoms. The molecule has 1 aliphatic carbocycles. The number of urea groups is 1. The number of alkyl halides is 2. The Morgan fingerprint density at radius 2 is 1.41 bits per heavy atom. The number of amides is 9. The molecule has 6 heterocycles. The van der Waals surface area contributed by atoms with Gasteiger partial charge in [-0.25, -0.2) is 33.7 Å². The molecule has 3 aromatic carbocycles. The number of aliphatic hydroxyl groups is 1. The van der Waals surface area contributed by atoms with Gasteiger partial charge >= 0.3 is 18.1 Å². The molecule has 4 aliphatic rings. The van der Waals surface area contributed by atoms with E-state index in [2.05, 4.69) is 94.2 Å². The van der Waals surface area contributed by atoms with Gasteiger partial charge in [-0.05, 0) is 118 Å². The van der Waals surface area contributed by atoms with E-state index in [9.17, 15) is 53.1 Å². The fourth-order valence-electron chi connectivity index (χ4n) is 13.8. The molecule has 10 rings (SSSR count). The molecule has 0 radical (unpaired) electrons. The number of nitrogens with two attached hydrogens (primary N) is 1. The Morgan fingerprint density at radius 3 is 2.04 bits per heavy atom. The molecule has 0 spiro atoms. The standard InChI is InChI=1S/C78H100Br2FN15O18/c1-7-78(107)53-36-62-68-51(40-96(62)72(102)52(53)42-113-74(78)104)66-56(17-15-50-46(4)54(81)37-59(89-68)65(50)66)91-73(103)77(43-112-44-77)93-76(106)114-41-47-10-13-49(14-11-47)86-70(100)57(9-8-20-85-75(82)105)90-71(101)67(45(2)3)92-64(98)19-28-109-30-32-111-34-33-110-31-29-108-27-18-63(97)83-21-23-95(26-25-94(5)6)24-22-84-69(99)48-12-16-55-58(35-48)88-61(39-80)60(38-79)87-55/h10-14,16,35-37,45,56-57,67,107H,7-9,15,17-34,38-44H2,1-6H3,(H,83,97)(H,84,99)(H,86,100)(H,90,101)(H,91,103)(H,92,98)(H,93,106)(H3,82,85,105)/t56-,57?,67+,78-/m1/s1. The number of benzene rings is 3. The van der Waals surface area contributed by atoms with Crippen molar-refractivity contribution in [2.24, 2.45) is 11.7 Å². The van der Waals surface area contributed by atoms with Crippen LogP contribution in [0, 0.1) is 18.7 Å². The van der Waals surface area contributed by atoms with Gasteiger partial charge in [-0.2, -0.15) is 0 Å². The highest BCUT2D eigenvalue weighted by molar-refractivity contribution is 9.09. The Labute approximate surface area is 675 Å². The molecule has 3 aliphatic heterocycles. The fourth-order valence-corrected chi connectivity index (χ4v) is 14.7. The number of anilines is 1. The number of esters is 1. The van der Waals surface area contributed by atoms with Crippen molar-refractivity contribution >= 4 is 113 Å². The van der Waals surface area contributed by atoms with Crippen LogP contribution in [0.1, 0.15) is 126 Å². The molecule has 1 unspecified atom stereocenters. The molecular formula is C78H100Br2FN15O18. The highest BCUT2D eigenvalue weighted by atomic mass is 79.9. The Balaban J connectivity index is 0.602. The monoisotopic (exact) mass is 1710 g/mol. The second kappa shape index (κ2) is 40.9. The Morgan fingerprint density at radius 1 is 0.754 bits per heavy atom. The first kappa shape index (κ1) is 87.2. The van der Waals surface area contributed by atoms with Crippen LogP contribution in [-0.2, 0) is 104 Å². The third kappa shape index (κ3) is 22.0. The maximum Gasteiger partial charge on any atom is 0.408 e. The average Bonchev–Trinajstić information content (AvgIpc) is 1.53. The highest BCUT2D eigenvalue weighted by Gasteiger charge is 2.50. The number of carbonyl (C=O) groups is 9. The molecule has 11 N–H and O–H groups in total. The zero-order valence-electron chi connectivity index (χ0n) is 64.8. The van der Waals surface area contributed by atoms with Crippen LogP contribution in [-0.4, -0.2) is 232 Å². The van der Waals surface area contributed by atoms with Crippen LogP contribution >= 0.6 is 31.9 Å². The van der Waals surface area contributed by atoms with Gasteiger partial charge in [0, 0.05) is 103 Å². The number of cyclic esters (lactones) is 1. The highest BCUT2D eigenvalue weighted by Crippen LogP contribution is 2.46. The van der Waals surface area contributed by atoms with E-state index >= 15 is 4.39 Å². The van der Waals surface area contributed by atoms with Gasteiger partial charge in [0.1, 0.15) is 31.1 Å². The number of hydrogen-bond donors (Lipinski definition) is 10. The number of aryl methyl sites for hydroxylation is 1. The first-order chi connectivity index (χ1) is 54.7. The number of aromatic nitrogens is 4. The third-order valence-corrected chi connectivity index (χ3v) is 21.4. The fraction of sp³-hybridized carbons (Fsp3) is 0.526. The number of pyridine rings is 2. The van der Waals surface area contributed by atoms with Crippen molar-refractivity contribution in [1.29, 1.82) is 0 Å². The van der Waals surface area contributed by atoms with E-state index in [4.69, 9.17) is 43.9 Å². The minimum Gasteiger partial charge on any atom is -0.458 e. The Hall–Kier alpha value is -9.24. The molecule has 616 valence electrons. The molecule has 1 saturated heterocycles. The van der Waals surface area contributed by atoms with Gasteiger partial charge in [0.15, 0.2) is 11.1 Å². The van der Waals surface area contributed by atoms with Crippen LogP contribution in [0.3, 0.4) is 0 Å². The molecule has 3 aromatic heterocycles. The summed E-state index contributed by atoms with van der Waals surface area (Å²) in [6, 6.07) is 10.8. The molecular weight excluding hydrogens is 1610 g/mol. The average molecular weight is 1710 g/mol. The number of carbonyl (C=O) groups excluding carboxylic acids is 9. The molecule has 9 amide bonds. The summed E-state index contributed by atoms with van der Waals surface area (Å²) in [5.74, 6) is -4.40. The summed E-state index contributed by atoms with van der Waals surface area (Å²) >= 11 is 6.92. The van der Waals surface area contributed by atoms with E-state index in [0.29, 0.717) is 123 Å². The molecule has 36 heteroatoms. The zero-order chi connectivity index (χ0) is 81.8. The minimum absolute atomic E-state index is 0.0204. The van der Waals surface area contributed by atoms with Crippen LogP contribution < -0.4 is 53.8 Å². The Bertz CT molecular complexity index is 4570. The van der Waals surface area contributed by atoms with Crippen LogP contribution in [0.15, 0.2) is 59.4 Å². The number of rotatable bonds is 43. The van der Waals surface area contributed by atoms with E-state index in [-0.39, 0.29) is 146 Å². The number of halogens is 3. The molecule has 0 bridgehead atoms. The van der Waals surface area contributed by atoms with Gasteiger partial charge in [-0.3, -0.25) is 38.5 Å². The van der Waals surface area contributed by atoms with Gasteiger partial charge in [0.05, 0.1) is 124 Å². The molecule has 0 saturated carbocycles. The van der Waals surface area contributed by atoms with Crippen molar-refractivity contribution in [3.05, 3.63) is 127 Å². The SMILES string of the molecule is CC[C@]1(O)C(=O)OCc2c1cc1n(c2=O)Cc2c-1nc1cc(F)c(C)c3c1c2[C@H](NC(=O)C1(NC(=O)OCc2ccc(NC(=O)C(CCCNC(N)=O)NC(=O)[C@@H](NC(=O)CCOCCOCCOCCOCCC(=O)NCCN(CCNC(=O)c4ccc5nc(CBr)c(CBr)nc5c4)CCN(C)C)C(C)C)cc2)COC1)CC3. The van der Waals surface area contributed by atoms with Crippen LogP contribution in [0.5, 0.6) is 0 Å². The summed E-state index contributed by atoms with van der Waals surface area (Å²) in [6.07, 6.45) is 0.0837. The number of alkyl carbamates (subject to hydrolysis) is 1. The first-order valence-corrected chi connectivity index (χ1v) is 40.3. The molecule has 33 nitrogen and oxygen atoms in total. The summed E-state index contributed by atoms with van der Waals surface area (Å²) < 4.78 is 55.8. The number of hydrogen-bond acceptors (Lipinski definition) is 23. The third-order valence-electron chi connectivity index (χ3n) is 20.3. The molecule has 4 atom stereocenters. The minimum atomic E-state index is -2.08. The number of ether oxygens (including phenoxy) is 7. The maximum atomic E-state index is 15.6. The quantitative estimate of drug-likeness (QED) is 0.0144. The maximum absolute atomic E-state index is 15.6. The normalized spacial score (nSPS) is 16.3. The van der Waals surface area contributed by atoms with E-state index in [1.165, 1.54) is 10.6 Å². The topological polar surface area (TPSA) is 428 Å². The van der Waals surface area contributed by atoms with Gasteiger partial charge in [-0.1, -0.05) is 64.8 Å². The van der Waals surface area contributed by atoms with E-state index in [0.717, 1.165) is 24.5 Å². The zero-order valence-corrected chi connectivity index (χ0v) is 68.0. The van der Waals surface area contributed by atoms with Crippen LogP contribution in [0.2, 0.25) is 0 Å². The van der Waals surface area contributed by atoms with Gasteiger partial charge in [-0.15, -0.1) is 0 Å². The lowest BCUT2D eigenvalue weighted by Crippen LogP contribution is -2.70. The summed E-state index contributed by atoms with van der Waals surface area (Å²) in [6.45, 7) is 11.3. The largest absolute Gasteiger partial charge is 0.458 e. The molecule has 6 aromatic rings. The second-order valence-corrected chi connectivity index (χ2v) is 30.0. The molecule has 1 fully saturated rings. The van der Waals surface area contributed by atoms with Gasteiger partial charge < -0.3 is 96.0 Å². The Kier molecular flexibility index (Phi) is 31.2. The van der Waals surface area contributed by atoms with Crippen molar-refractivity contribution < 1.29 is 85.8 Å². The van der Waals surface area contributed by atoms with Crippen molar-refractivity contribution in [2.45, 2.75) is 132 Å². The summed E-state index contributed by atoms with van der Waals surface area (Å²) in [5.41, 5.74) is 8.98. The van der Waals surface area contributed by atoms with Crippen molar-refractivity contribution in [2.75, 3.05) is 131 Å². The predicted molar refractivity (Wildman–Crippen MR) is 424 cm³/mol. The summed E-state index contributed by atoms with van der Waals surface area (Å²) in [5, 5.41) is 35.8. The smallest absolute Gasteiger partial charge is 0.408 e. The van der Waals surface area contributed by atoms with E-state index in [1.54, 1.807) is 76.2 Å². The lowest BCUT2D eigenvalue weighted by Gasteiger charge is -2.41. The van der Waals surface area contributed by atoms with Crippen LogP contribution in [0.4, 0.5) is 19.7 Å². The number of primary amides is 1. The first-order valence-electron chi connectivity index (χ1n) is 38.1. The summed E-state index contributed by atoms with van der Waals surface area (Å²) in [4.78, 5) is 152. The van der Waals surface area contributed by atoms with Crippen molar-refractivity contribution in [3.63, 3.8) is 0 Å². The van der Waals surface area contributed by atoms with Crippen molar-refractivity contribution in [3.8, 4) is 11.4 Å². The number of nitrogens with zero attached hydrogens (tertiary/aromatic N) is 6. The van der Waals surface area contributed by atoms with Gasteiger partial charge in [0.25, 0.3) is 17.4 Å². The van der Waals surface area contributed by atoms with Gasteiger partial charge in [0.2, 0.25) is 23.6 Å². The summed E-state index contributed by atoms with van der Waals surface area (Å²) in [7, 11) is 3.98. The van der Waals surface area contributed by atoms with E-state index < -0.39 is 88.3 Å². The number of likely N-dealkylation sites (N-methyl/N-ethyl adjacent to an activating group) is 1. The lowest BCUT2D eigenvalue weighted by atomic mass is 9.81. The van der Waals surface area contributed by atoms with Crippen LogP contribution in [0.25, 0.3) is 33.3 Å².